The van der Waals surface area contributed by atoms with E-state index in [0.717, 1.165) is 17.7 Å². The molecule has 2 saturated heterocycles. The fourth-order valence-electron chi connectivity index (χ4n) is 4.25. The van der Waals surface area contributed by atoms with E-state index >= 15 is 0 Å². The monoisotopic (exact) mass is 479 g/mol. The number of aryl methyl sites for hydroxylation is 1. The zero-order valence-corrected chi connectivity index (χ0v) is 20.0. The maximum absolute atomic E-state index is 13.5. The summed E-state index contributed by atoms with van der Waals surface area (Å²) in [6, 6.07) is 12.7. The summed E-state index contributed by atoms with van der Waals surface area (Å²) in [4.78, 5) is 2.18. The molecule has 10 heteroatoms. The average Bonchev–Trinajstić information content (AvgIpc) is 2.78. The van der Waals surface area contributed by atoms with Crippen molar-refractivity contribution < 1.29 is 21.6 Å². The van der Waals surface area contributed by atoms with E-state index in [1.54, 1.807) is 6.07 Å². The standard InChI is InChI=1S/C22H29N3O5S2/c1-18-6-5-7-19(16-18)23-11-13-24(14-12-23)32(28,29)22-17-20(8-9-21(22)30-2)25-10-3-4-15-31(25,26)27/h5-9,16-17H,3-4,10-15H2,1-2H3. The number of rotatable bonds is 5. The average molecular weight is 480 g/mol. The smallest absolute Gasteiger partial charge is 0.246 e. The van der Waals surface area contributed by atoms with Crippen LogP contribution in [0.3, 0.4) is 0 Å². The van der Waals surface area contributed by atoms with Crippen LogP contribution >= 0.6 is 0 Å². The van der Waals surface area contributed by atoms with Crippen LogP contribution in [0, 0.1) is 6.92 Å². The van der Waals surface area contributed by atoms with Crippen molar-refractivity contribution in [3.05, 3.63) is 48.0 Å². The van der Waals surface area contributed by atoms with Gasteiger partial charge >= 0.3 is 0 Å². The predicted octanol–water partition coefficient (Wildman–Crippen LogP) is 2.44. The Kier molecular flexibility index (Phi) is 6.37. The molecule has 2 aliphatic rings. The van der Waals surface area contributed by atoms with Crippen LogP contribution in [0.4, 0.5) is 11.4 Å². The van der Waals surface area contributed by atoms with E-state index < -0.39 is 20.0 Å². The maximum atomic E-state index is 13.5. The fraction of sp³-hybridized carbons (Fsp3) is 0.455. The van der Waals surface area contributed by atoms with E-state index in [2.05, 4.69) is 11.0 Å². The second-order valence-electron chi connectivity index (χ2n) is 8.16. The second-order valence-corrected chi connectivity index (χ2v) is 12.1. The van der Waals surface area contributed by atoms with Crippen molar-refractivity contribution in [1.29, 1.82) is 0 Å². The van der Waals surface area contributed by atoms with Crippen LogP contribution in [-0.2, 0) is 20.0 Å². The molecule has 0 aromatic heterocycles. The zero-order chi connectivity index (χ0) is 22.9. The van der Waals surface area contributed by atoms with Crippen molar-refractivity contribution in [1.82, 2.24) is 4.31 Å². The number of nitrogens with zero attached hydrogens (tertiary/aromatic N) is 3. The van der Waals surface area contributed by atoms with E-state index in [-0.39, 0.29) is 16.4 Å². The highest BCUT2D eigenvalue weighted by molar-refractivity contribution is 7.92. The summed E-state index contributed by atoms with van der Waals surface area (Å²) in [5, 5.41) is 0. The fourth-order valence-corrected chi connectivity index (χ4v) is 7.48. The molecule has 0 N–H and O–H groups in total. The zero-order valence-electron chi connectivity index (χ0n) is 18.4. The molecule has 0 radical (unpaired) electrons. The molecular formula is C22H29N3O5S2. The van der Waals surface area contributed by atoms with Crippen LogP contribution in [0.2, 0.25) is 0 Å². The number of hydrogen-bond acceptors (Lipinski definition) is 6. The molecule has 0 atom stereocenters. The van der Waals surface area contributed by atoms with Gasteiger partial charge in [0.05, 0.1) is 18.6 Å². The van der Waals surface area contributed by atoms with Gasteiger partial charge in [0.15, 0.2) is 0 Å². The topological polar surface area (TPSA) is 87.2 Å². The van der Waals surface area contributed by atoms with Crippen molar-refractivity contribution >= 4 is 31.4 Å². The molecule has 0 saturated carbocycles. The van der Waals surface area contributed by atoms with E-state index in [1.165, 1.54) is 27.9 Å². The largest absolute Gasteiger partial charge is 0.495 e. The van der Waals surface area contributed by atoms with Crippen LogP contribution in [-0.4, -0.2) is 66.7 Å². The Morgan fingerprint density at radius 1 is 0.906 bits per heavy atom. The Balaban J connectivity index is 1.59. The number of hydrogen-bond donors (Lipinski definition) is 0. The first-order valence-corrected chi connectivity index (χ1v) is 13.8. The number of methoxy groups -OCH3 is 1. The van der Waals surface area contributed by atoms with Crippen molar-refractivity contribution in [3.8, 4) is 5.75 Å². The minimum Gasteiger partial charge on any atom is -0.495 e. The molecular weight excluding hydrogens is 450 g/mol. The lowest BCUT2D eigenvalue weighted by molar-refractivity contribution is 0.374. The molecule has 0 unspecified atom stereocenters. The summed E-state index contributed by atoms with van der Waals surface area (Å²) in [5.74, 6) is 0.284. The number of anilines is 2. The molecule has 0 amide bonds. The third-order valence-electron chi connectivity index (χ3n) is 6.01. The molecule has 2 aromatic rings. The van der Waals surface area contributed by atoms with Crippen molar-refractivity contribution in [2.24, 2.45) is 0 Å². The number of piperazine rings is 1. The highest BCUT2D eigenvalue weighted by atomic mass is 32.2. The summed E-state index contributed by atoms with van der Waals surface area (Å²) < 4.78 is 60.2. The minimum atomic E-state index is -3.86. The van der Waals surface area contributed by atoms with Gasteiger partial charge in [0.2, 0.25) is 20.0 Å². The Bertz CT molecular complexity index is 1190. The van der Waals surface area contributed by atoms with Gasteiger partial charge in [0.1, 0.15) is 10.6 Å². The SMILES string of the molecule is COc1ccc(N2CCCCS2(=O)=O)cc1S(=O)(=O)N1CCN(c2cccc(C)c2)CC1. The Labute approximate surface area is 190 Å². The third kappa shape index (κ3) is 4.44. The molecule has 8 nitrogen and oxygen atoms in total. The van der Waals surface area contributed by atoms with Crippen LogP contribution in [0.25, 0.3) is 0 Å². The molecule has 0 spiro atoms. The minimum absolute atomic E-state index is 0.00211. The van der Waals surface area contributed by atoms with Gasteiger partial charge in [-0.25, -0.2) is 16.8 Å². The van der Waals surface area contributed by atoms with E-state index in [9.17, 15) is 16.8 Å². The van der Waals surface area contributed by atoms with E-state index in [1.807, 2.05) is 25.1 Å². The van der Waals surface area contributed by atoms with Gasteiger partial charge in [-0.3, -0.25) is 4.31 Å². The predicted molar refractivity (Wildman–Crippen MR) is 126 cm³/mol. The highest BCUT2D eigenvalue weighted by Gasteiger charge is 2.33. The molecule has 2 fully saturated rings. The lowest BCUT2D eigenvalue weighted by Gasteiger charge is -2.36. The third-order valence-corrected chi connectivity index (χ3v) is 9.80. The molecule has 4 rings (SSSR count). The summed E-state index contributed by atoms with van der Waals surface area (Å²) >= 11 is 0. The summed E-state index contributed by atoms with van der Waals surface area (Å²) in [7, 11) is -5.89. The van der Waals surface area contributed by atoms with Crippen LogP contribution in [0.15, 0.2) is 47.4 Å². The van der Waals surface area contributed by atoms with Gasteiger partial charge < -0.3 is 9.64 Å². The summed E-state index contributed by atoms with van der Waals surface area (Å²) in [6.07, 6.45) is 1.36. The van der Waals surface area contributed by atoms with E-state index in [4.69, 9.17) is 4.74 Å². The first-order valence-electron chi connectivity index (χ1n) is 10.7. The normalized spacial score (nSPS) is 19.7. The van der Waals surface area contributed by atoms with Crippen molar-refractivity contribution in [2.45, 2.75) is 24.7 Å². The molecule has 2 heterocycles. The molecule has 174 valence electrons. The Hall–Kier alpha value is -2.30. The maximum Gasteiger partial charge on any atom is 0.246 e. The molecule has 0 bridgehead atoms. The van der Waals surface area contributed by atoms with Crippen LogP contribution in [0.5, 0.6) is 5.75 Å². The van der Waals surface area contributed by atoms with Gasteiger partial charge in [0.25, 0.3) is 0 Å². The van der Waals surface area contributed by atoms with E-state index in [0.29, 0.717) is 44.8 Å². The number of ether oxygens (including phenoxy) is 1. The van der Waals surface area contributed by atoms with Gasteiger partial charge in [-0.2, -0.15) is 4.31 Å². The number of benzene rings is 2. The first kappa shape index (κ1) is 22.9. The molecule has 2 aliphatic heterocycles. The van der Waals surface area contributed by atoms with Gasteiger partial charge in [-0.15, -0.1) is 0 Å². The van der Waals surface area contributed by atoms with Crippen LogP contribution < -0.4 is 13.9 Å². The number of sulfonamides is 2. The van der Waals surface area contributed by atoms with Crippen LogP contribution in [0.1, 0.15) is 18.4 Å². The molecule has 2 aromatic carbocycles. The second kappa shape index (κ2) is 8.92. The molecule has 0 aliphatic carbocycles. The van der Waals surface area contributed by atoms with Crippen molar-refractivity contribution in [3.63, 3.8) is 0 Å². The highest BCUT2D eigenvalue weighted by Crippen LogP contribution is 2.34. The first-order chi connectivity index (χ1) is 15.2. The summed E-state index contributed by atoms with van der Waals surface area (Å²) in [5.41, 5.74) is 2.60. The quantitative estimate of drug-likeness (QED) is 0.655. The Morgan fingerprint density at radius 3 is 2.31 bits per heavy atom. The van der Waals surface area contributed by atoms with Crippen molar-refractivity contribution in [2.75, 3.05) is 54.8 Å². The van der Waals surface area contributed by atoms with Gasteiger partial charge in [-0.1, -0.05) is 12.1 Å². The summed E-state index contributed by atoms with van der Waals surface area (Å²) in [6.45, 7) is 4.21. The Morgan fingerprint density at radius 2 is 1.66 bits per heavy atom. The molecule has 32 heavy (non-hydrogen) atoms. The lowest BCUT2D eigenvalue weighted by atomic mass is 10.2. The lowest BCUT2D eigenvalue weighted by Crippen LogP contribution is -2.48. The van der Waals surface area contributed by atoms with Gasteiger partial charge in [0, 0.05) is 38.4 Å². The van der Waals surface area contributed by atoms with Gasteiger partial charge in [-0.05, 0) is 55.7 Å².